The smallest absolute Gasteiger partial charge is 0.224 e. The van der Waals surface area contributed by atoms with E-state index in [2.05, 4.69) is 10.3 Å². The Hall–Kier alpha value is -2.10. The Balaban J connectivity index is 1.81. The lowest BCUT2D eigenvalue weighted by molar-refractivity contribution is -0.116. The zero-order valence-electron chi connectivity index (χ0n) is 8.72. The first-order chi connectivity index (χ1) is 7.84. The summed E-state index contributed by atoms with van der Waals surface area (Å²) in [4.78, 5) is 15.4. The zero-order valence-corrected chi connectivity index (χ0v) is 8.72. The highest BCUT2D eigenvalue weighted by atomic mass is 16.3. The largest absolute Gasteiger partial charge is 0.469 e. The Labute approximate surface area is 93.3 Å². The molecule has 4 heteroatoms. The Kier molecular flexibility index (Phi) is 3.33. The summed E-state index contributed by atoms with van der Waals surface area (Å²) in [6, 6.07) is 7.26. The topological polar surface area (TPSA) is 55.1 Å². The number of amides is 1. The van der Waals surface area contributed by atoms with Gasteiger partial charge in [-0.3, -0.25) is 9.78 Å². The molecule has 0 aliphatic carbocycles. The minimum Gasteiger partial charge on any atom is -0.469 e. The number of hydrogen-bond acceptors (Lipinski definition) is 3. The van der Waals surface area contributed by atoms with Crippen molar-refractivity contribution in [1.29, 1.82) is 0 Å². The molecule has 0 radical (unpaired) electrons. The van der Waals surface area contributed by atoms with Crippen LogP contribution in [-0.4, -0.2) is 10.9 Å². The molecule has 0 atom stereocenters. The van der Waals surface area contributed by atoms with Crippen molar-refractivity contribution in [3.05, 3.63) is 48.7 Å². The molecular weight excluding hydrogens is 204 g/mol. The second-order valence-corrected chi connectivity index (χ2v) is 3.37. The number of rotatable bonds is 4. The van der Waals surface area contributed by atoms with Gasteiger partial charge in [0.2, 0.25) is 5.91 Å². The third kappa shape index (κ3) is 2.95. The molecule has 0 saturated carbocycles. The monoisotopic (exact) mass is 216 g/mol. The molecule has 0 fully saturated rings. The fourth-order valence-corrected chi connectivity index (χ4v) is 1.35. The minimum absolute atomic E-state index is 0.0376. The number of furan rings is 1. The minimum atomic E-state index is -0.0376. The van der Waals surface area contributed by atoms with Gasteiger partial charge in [0, 0.05) is 19.0 Å². The van der Waals surface area contributed by atoms with E-state index < -0.39 is 0 Å². The van der Waals surface area contributed by atoms with E-state index in [-0.39, 0.29) is 5.91 Å². The lowest BCUT2D eigenvalue weighted by Crippen LogP contribution is -2.12. The van der Waals surface area contributed by atoms with Crippen molar-refractivity contribution < 1.29 is 9.21 Å². The molecule has 82 valence electrons. The lowest BCUT2D eigenvalue weighted by Gasteiger charge is -2.02. The van der Waals surface area contributed by atoms with Crippen LogP contribution in [-0.2, 0) is 11.2 Å². The van der Waals surface area contributed by atoms with Crippen molar-refractivity contribution in [1.82, 2.24) is 4.98 Å². The molecule has 0 aliphatic heterocycles. The third-order valence-corrected chi connectivity index (χ3v) is 2.12. The van der Waals surface area contributed by atoms with Gasteiger partial charge in [-0.25, -0.2) is 0 Å². The SMILES string of the molecule is O=C(CCc1ccco1)Nc1cccnc1. The maximum Gasteiger partial charge on any atom is 0.224 e. The molecule has 2 rings (SSSR count). The highest BCUT2D eigenvalue weighted by Crippen LogP contribution is 2.06. The van der Waals surface area contributed by atoms with Gasteiger partial charge < -0.3 is 9.73 Å². The van der Waals surface area contributed by atoms with Gasteiger partial charge in [-0.15, -0.1) is 0 Å². The molecule has 0 spiro atoms. The Bertz CT molecular complexity index is 437. The van der Waals surface area contributed by atoms with Crippen molar-refractivity contribution in [3.8, 4) is 0 Å². The number of aryl methyl sites for hydroxylation is 1. The molecule has 0 bridgehead atoms. The first kappa shape index (κ1) is 10.4. The normalized spacial score (nSPS) is 10.0. The fourth-order valence-electron chi connectivity index (χ4n) is 1.35. The molecule has 2 heterocycles. The maximum atomic E-state index is 11.5. The number of aromatic nitrogens is 1. The molecule has 1 N–H and O–H groups in total. The molecule has 0 saturated heterocycles. The van der Waals surface area contributed by atoms with E-state index in [9.17, 15) is 4.79 Å². The summed E-state index contributed by atoms with van der Waals surface area (Å²) in [5.41, 5.74) is 0.715. The number of carbonyl (C=O) groups is 1. The molecule has 16 heavy (non-hydrogen) atoms. The van der Waals surface area contributed by atoms with Gasteiger partial charge in [0.1, 0.15) is 5.76 Å². The van der Waals surface area contributed by atoms with E-state index in [0.29, 0.717) is 18.5 Å². The van der Waals surface area contributed by atoms with Crippen molar-refractivity contribution in [2.75, 3.05) is 5.32 Å². The van der Waals surface area contributed by atoms with Crippen molar-refractivity contribution >= 4 is 11.6 Å². The zero-order chi connectivity index (χ0) is 11.2. The Morgan fingerprint density at radius 1 is 1.38 bits per heavy atom. The standard InChI is InChI=1S/C12H12N2O2/c15-12(6-5-11-4-2-8-16-11)14-10-3-1-7-13-9-10/h1-4,7-9H,5-6H2,(H,14,15). The summed E-state index contributed by atoms with van der Waals surface area (Å²) in [6.07, 6.45) is 5.90. The third-order valence-electron chi connectivity index (χ3n) is 2.12. The Morgan fingerprint density at radius 2 is 2.31 bits per heavy atom. The molecule has 4 nitrogen and oxygen atoms in total. The van der Waals surface area contributed by atoms with Crippen molar-refractivity contribution in [2.45, 2.75) is 12.8 Å². The van der Waals surface area contributed by atoms with Gasteiger partial charge in [0.05, 0.1) is 18.1 Å². The van der Waals surface area contributed by atoms with E-state index in [1.807, 2.05) is 12.1 Å². The van der Waals surface area contributed by atoms with E-state index in [1.165, 1.54) is 0 Å². The summed E-state index contributed by atoms with van der Waals surface area (Å²) in [5.74, 6) is 0.783. The van der Waals surface area contributed by atoms with E-state index >= 15 is 0 Å². The summed E-state index contributed by atoms with van der Waals surface area (Å²) in [6.45, 7) is 0. The van der Waals surface area contributed by atoms with Crippen LogP contribution in [0.5, 0.6) is 0 Å². The van der Waals surface area contributed by atoms with Crippen molar-refractivity contribution in [2.24, 2.45) is 0 Å². The average molecular weight is 216 g/mol. The predicted molar refractivity (Wildman–Crippen MR) is 59.9 cm³/mol. The second kappa shape index (κ2) is 5.11. The van der Waals surface area contributed by atoms with Crippen LogP contribution in [0, 0.1) is 0 Å². The van der Waals surface area contributed by atoms with Crippen LogP contribution in [0.15, 0.2) is 47.3 Å². The number of anilines is 1. The van der Waals surface area contributed by atoms with Crippen LogP contribution in [0.1, 0.15) is 12.2 Å². The summed E-state index contributed by atoms with van der Waals surface area (Å²) in [7, 11) is 0. The van der Waals surface area contributed by atoms with Gasteiger partial charge in [0.25, 0.3) is 0 Å². The number of hydrogen-bond donors (Lipinski definition) is 1. The molecule has 2 aromatic heterocycles. The Morgan fingerprint density at radius 3 is 3.00 bits per heavy atom. The number of nitrogens with one attached hydrogen (secondary N) is 1. The predicted octanol–water partition coefficient (Wildman–Crippen LogP) is 2.25. The highest BCUT2D eigenvalue weighted by Gasteiger charge is 2.04. The molecule has 0 aliphatic rings. The van der Waals surface area contributed by atoms with Gasteiger partial charge in [0.15, 0.2) is 0 Å². The molecule has 1 amide bonds. The lowest BCUT2D eigenvalue weighted by atomic mass is 10.2. The second-order valence-electron chi connectivity index (χ2n) is 3.37. The summed E-state index contributed by atoms with van der Waals surface area (Å²) < 4.78 is 5.14. The quantitative estimate of drug-likeness (QED) is 0.852. The van der Waals surface area contributed by atoms with E-state index in [1.54, 1.807) is 30.8 Å². The molecule has 2 aromatic rings. The maximum absolute atomic E-state index is 11.5. The van der Waals surface area contributed by atoms with Crippen LogP contribution >= 0.6 is 0 Å². The first-order valence-electron chi connectivity index (χ1n) is 5.07. The van der Waals surface area contributed by atoms with Gasteiger partial charge >= 0.3 is 0 Å². The van der Waals surface area contributed by atoms with Crippen LogP contribution in [0.4, 0.5) is 5.69 Å². The molecule has 0 unspecified atom stereocenters. The van der Waals surface area contributed by atoms with E-state index in [4.69, 9.17) is 4.42 Å². The van der Waals surface area contributed by atoms with Crippen LogP contribution in [0.2, 0.25) is 0 Å². The van der Waals surface area contributed by atoms with Gasteiger partial charge in [-0.1, -0.05) is 0 Å². The number of nitrogens with zero attached hydrogens (tertiary/aromatic N) is 1. The summed E-state index contributed by atoms with van der Waals surface area (Å²) in [5, 5.41) is 2.76. The number of pyridine rings is 1. The number of carbonyl (C=O) groups excluding carboxylic acids is 1. The van der Waals surface area contributed by atoms with E-state index in [0.717, 1.165) is 5.76 Å². The van der Waals surface area contributed by atoms with Crippen LogP contribution < -0.4 is 5.32 Å². The van der Waals surface area contributed by atoms with Gasteiger partial charge in [-0.05, 0) is 24.3 Å². The van der Waals surface area contributed by atoms with Crippen LogP contribution in [0.3, 0.4) is 0 Å². The molecule has 0 aromatic carbocycles. The highest BCUT2D eigenvalue weighted by molar-refractivity contribution is 5.90. The summed E-state index contributed by atoms with van der Waals surface area (Å²) >= 11 is 0. The van der Waals surface area contributed by atoms with Crippen LogP contribution in [0.25, 0.3) is 0 Å². The van der Waals surface area contributed by atoms with Crippen molar-refractivity contribution in [3.63, 3.8) is 0 Å². The fraction of sp³-hybridized carbons (Fsp3) is 0.167. The first-order valence-corrected chi connectivity index (χ1v) is 5.07. The molecular formula is C12H12N2O2. The van der Waals surface area contributed by atoms with Gasteiger partial charge in [-0.2, -0.15) is 0 Å². The average Bonchev–Trinajstić information content (AvgIpc) is 2.81.